The summed E-state index contributed by atoms with van der Waals surface area (Å²) in [5.41, 5.74) is 0. The molecule has 0 atom stereocenters. The molecule has 0 heterocycles. The lowest BCUT2D eigenvalue weighted by atomic mass is 10.3. The fourth-order valence-corrected chi connectivity index (χ4v) is 0.578. The van der Waals surface area contributed by atoms with Crippen LogP contribution in [-0.2, 0) is 9.47 Å². The van der Waals surface area contributed by atoms with Gasteiger partial charge in [0.15, 0.2) is 0 Å². The minimum absolute atomic E-state index is 0.403. The van der Waals surface area contributed by atoms with Crippen molar-refractivity contribution in [2.24, 2.45) is 0 Å². The zero-order valence-electron chi connectivity index (χ0n) is 6.80. The molecule has 60 valence electrons. The molecule has 0 saturated carbocycles. The van der Waals surface area contributed by atoms with Gasteiger partial charge in [0.05, 0.1) is 6.61 Å². The molecule has 0 fully saturated rings. The van der Waals surface area contributed by atoms with E-state index in [9.17, 15) is 0 Å². The predicted octanol–water partition coefficient (Wildman–Crippen LogP) is 1.96. The average Bonchev–Trinajstić information content (AvgIpc) is 1.97. The Hall–Kier alpha value is -0.340. The van der Waals surface area contributed by atoms with Gasteiger partial charge in [-0.3, -0.25) is 0 Å². The van der Waals surface area contributed by atoms with Gasteiger partial charge in [-0.25, -0.2) is 0 Å². The third kappa shape index (κ3) is 7.66. The van der Waals surface area contributed by atoms with Crippen LogP contribution in [0.2, 0.25) is 0 Å². The van der Waals surface area contributed by atoms with Crippen molar-refractivity contribution in [1.82, 2.24) is 0 Å². The fourth-order valence-electron chi connectivity index (χ4n) is 0.578. The van der Waals surface area contributed by atoms with E-state index in [1.54, 1.807) is 7.11 Å². The van der Waals surface area contributed by atoms with E-state index >= 15 is 0 Å². The van der Waals surface area contributed by atoms with E-state index in [-0.39, 0.29) is 0 Å². The summed E-state index contributed by atoms with van der Waals surface area (Å²) in [6, 6.07) is 0. The molecular formula is C8H16O2. The van der Waals surface area contributed by atoms with Crippen LogP contribution in [-0.4, -0.2) is 20.5 Å². The molecule has 0 aliphatic carbocycles. The second-order valence-corrected chi connectivity index (χ2v) is 1.98. The van der Waals surface area contributed by atoms with Gasteiger partial charge in [-0.2, -0.15) is 0 Å². The zero-order chi connectivity index (χ0) is 7.66. The van der Waals surface area contributed by atoms with E-state index in [0.29, 0.717) is 6.79 Å². The normalized spacial score (nSPS) is 11.0. The van der Waals surface area contributed by atoms with Crippen molar-refractivity contribution >= 4 is 0 Å². The Labute approximate surface area is 62.8 Å². The molecule has 0 aliphatic rings. The fraction of sp³-hybridized carbons (Fsp3) is 0.750. The lowest BCUT2D eigenvalue weighted by Crippen LogP contribution is -1.96. The Kier molecular flexibility index (Phi) is 8.37. The third-order valence-corrected chi connectivity index (χ3v) is 1.03. The molecule has 0 aliphatic heterocycles. The monoisotopic (exact) mass is 144 g/mol. The van der Waals surface area contributed by atoms with Crippen LogP contribution in [0.4, 0.5) is 0 Å². The summed E-state index contributed by atoms with van der Waals surface area (Å²) in [4.78, 5) is 0. The van der Waals surface area contributed by atoms with Crippen LogP contribution in [0.3, 0.4) is 0 Å². The molecule has 0 aromatic rings. The van der Waals surface area contributed by atoms with Crippen molar-refractivity contribution < 1.29 is 9.47 Å². The summed E-state index contributed by atoms with van der Waals surface area (Å²) in [6.45, 7) is 3.27. The van der Waals surface area contributed by atoms with E-state index in [4.69, 9.17) is 9.47 Å². The van der Waals surface area contributed by atoms with Crippen molar-refractivity contribution in [3.63, 3.8) is 0 Å². The van der Waals surface area contributed by atoms with Crippen LogP contribution < -0.4 is 0 Å². The maximum atomic E-state index is 5.06. The molecule has 0 saturated heterocycles. The van der Waals surface area contributed by atoms with Gasteiger partial charge in [0.2, 0.25) is 0 Å². The summed E-state index contributed by atoms with van der Waals surface area (Å²) in [5, 5.41) is 0. The molecule has 0 spiro atoms. The van der Waals surface area contributed by atoms with E-state index in [1.807, 2.05) is 0 Å². The Bertz CT molecular complexity index is 79.3. The molecule has 0 N–H and O–H groups in total. The van der Waals surface area contributed by atoms with Crippen LogP contribution >= 0.6 is 0 Å². The molecule has 0 rings (SSSR count). The van der Waals surface area contributed by atoms with Gasteiger partial charge in [-0.1, -0.05) is 19.1 Å². The van der Waals surface area contributed by atoms with Gasteiger partial charge in [0.1, 0.15) is 6.79 Å². The van der Waals surface area contributed by atoms with Crippen molar-refractivity contribution in [2.75, 3.05) is 20.5 Å². The first-order valence-corrected chi connectivity index (χ1v) is 3.63. The number of ether oxygens (including phenoxy) is 2. The number of hydrogen-bond donors (Lipinski definition) is 0. The second-order valence-electron chi connectivity index (χ2n) is 1.98. The standard InChI is InChI=1S/C8H16O2/c1-3-4-5-6-7-10-8-9-2/h4-5H,3,6-8H2,1-2H3/b5-4-. The van der Waals surface area contributed by atoms with Crippen molar-refractivity contribution in [1.29, 1.82) is 0 Å². The Morgan fingerprint density at radius 2 is 2.10 bits per heavy atom. The third-order valence-electron chi connectivity index (χ3n) is 1.03. The van der Waals surface area contributed by atoms with Crippen LogP contribution in [0.5, 0.6) is 0 Å². The summed E-state index contributed by atoms with van der Waals surface area (Å²) in [5.74, 6) is 0. The molecule has 2 heteroatoms. The van der Waals surface area contributed by atoms with Crippen LogP contribution in [0.1, 0.15) is 19.8 Å². The second kappa shape index (κ2) is 8.66. The largest absolute Gasteiger partial charge is 0.359 e. The highest BCUT2D eigenvalue weighted by Crippen LogP contribution is 1.87. The molecule has 0 radical (unpaired) electrons. The summed E-state index contributed by atoms with van der Waals surface area (Å²) in [6.07, 6.45) is 6.34. The van der Waals surface area contributed by atoms with Gasteiger partial charge < -0.3 is 9.47 Å². The zero-order valence-corrected chi connectivity index (χ0v) is 6.80. The Morgan fingerprint density at radius 3 is 2.70 bits per heavy atom. The van der Waals surface area contributed by atoms with Crippen molar-refractivity contribution in [3.05, 3.63) is 12.2 Å². The first-order valence-electron chi connectivity index (χ1n) is 3.63. The number of rotatable bonds is 6. The molecule has 10 heavy (non-hydrogen) atoms. The van der Waals surface area contributed by atoms with E-state index in [1.165, 1.54) is 0 Å². The first kappa shape index (κ1) is 9.66. The van der Waals surface area contributed by atoms with E-state index in [2.05, 4.69) is 19.1 Å². The van der Waals surface area contributed by atoms with Crippen molar-refractivity contribution in [2.45, 2.75) is 19.8 Å². The minimum Gasteiger partial charge on any atom is -0.359 e. The highest BCUT2D eigenvalue weighted by Gasteiger charge is 1.80. The molecule has 0 aromatic heterocycles. The predicted molar refractivity (Wildman–Crippen MR) is 41.9 cm³/mol. The Balaban J connectivity index is 2.83. The average molecular weight is 144 g/mol. The lowest BCUT2D eigenvalue weighted by Gasteiger charge is -1.97. The van der Waals surface area contributed by atoms with Crippen LogP contribution in [0, 0.1) is 0 Å². The minimum atomic E-state index is 0.403. The molecule has 2 nitrogen and oxygen atoms in total. The highest BCUT2D eigenvalue weighted by atomic mass is 16.7. The number of allylic oxidation sites excluding steroid dienone is 1. The van der Waals surface area contributed by atoms with Gasteiger partial charge in [-0.05, 0) is 12.8 Å². The quantitative estimate of drug-likeness (QED) is 0.322. The summed E-state index contributed by atoms with van der Waals surface area (Å²) in [7, 11) is 1.63. The number of hydrogen-bond acceptors (Lipinski definition) is 2. The Morgan fingerprint density at radius 1 is 1.30 bits per heavy atom. The van der Waals surface area contributed by atoms with Gasteiger partial charge in [0.25, 0.3) is 0 Å². The maximum Gasteiger partial charge on any atom is 0.146 e. The smallest absolute Gasteiger partial charge is 0.146 e. The van der Waals surface area contributed by atoms with Crippen molar-refractivity contribution in [3.8, 4) is 0 Å². The van der Waals surface area contributed by atoms with Gasteiger partial charge in [-0.15, -0.1) is 0 Å². The molecule has 0 bridgehead atoms. The maximum absolute atomic E-state index is 5.06. The highest BCUT2D eigenvalue weighted by molar-refractivity contribution is 4.79. The van der Waals surface area contributed by atoms with Gasteiger partial charge >= 0.3 is 0 Å². The van der Waals surface area contributed by atoms with E-state index < -0.39 is 0 Å². The van der Waals surface area contributed by atoms with Crippen LogP contribution in [0.15, 0.2) is 12.2 Å². The molecule has 0 aromatic carbocycles. The lowest BCUT2D eigenvalue weighted by molar-refractivity contribution is -0.0285. The van der Waals surface area contributed by atoms with E-state index in [0.717, 1.165) is 19.4 Å². The molecule has 0 amide bonds. The topological polar surface area (TPSA) is 18.5 Å². The first-order chi connectivity index (χ1) is 4.91. The molecular weight excluding hydrogens is 128 g/mol. The number of methoxy groups -OCH3 is 1. The molecule has 0 unspecified atom stereocenters. The summed E-state index contributed by atoms with van der Waals surface area (Å²) < 4.78 is 9.76. The SMILES string of the molecule is CC/C=C\CCOCOC. The van der Waals surface area contributed by atoms with Gasteiger partial charge in [0, 0.05) is 7.11 Å². The van der Waals surface area contributed by atoms with Crippen LogP contribution in [0.25, 0.3) is 0 Å². The summed E-state index contributed by atoms with van der Waals surface area (Å²) >= 11 is 0.